The van der Waals surface area contributed by atoms with E-state index in [-0.39, 0.29) is 0 Å². The number of rotatable bonds is 4. The monoisotopic (exact) mass is 356 g/mol. The summed E-state index contributed by atoms with van der Waals surface area (Å²) in [6, 6.07) is 13.6. The van der Waals surface area contributed by atoms with Crippen molar-refractivity contribution in [1.29, 1.82) is 0 Å². The van der Waals surface area contributed by atoms with E-state index < -0.39 is 12.2 Å². The summed E-state index contributed by atoms with van der Waals surface area (Å²) in [5, 5.41) is 6.38. The number of carbonyl (C=O) groups excluding carboxylic acids is 2. The van der Waals surface area contributed by atoms with Gasteiger partial charge in [-0.05, 0) is 48.5 Å². The van der Waals surface area contributed by atoms with Gasteiger partial charge in [0.05, 0.1) is 0 Å². The van der Waals surface area contributed by atoms with Crippen molar-refractivity contribution in [3.05, 3.63) is 48.5 Å². The van der Waals surface area contributed by atoms with Gasteiger partial charge in [0.1, 0.15) is 11.5 Å². The van der Waals surface area contributed by atoms with Gasteiger partial charge in [-0.25, -0.2) is 9.59 Å². The Labute approximate surface area is 151 Å². The number of amides is 2. The Bertz CT molecular complexity index is 716. The molecule has 0 atom stereocenters. The molecule has 0 radical (unpaired) electrons. The fourth-order valence-electron chi connectivity index (χ4n) is 1.95. The first-order valence-electron chi connectivity index (χ1n) is 7.75. The lowest BCUT2D eigenvalue weighted by Gasteiger charge is -2.12. The van der Waals surface area contributed by atoms with Gasteiger partial charge in [-0.1, -0.05) is 10.2 Å². The molecule has 0 aliphatic carbocycles. The van der Waals surface area contributed by atoms with E-state index in [2.05, 4.69) is 10.2 Å². The van der Waals surface area contributed by atoms with Crippen LogP contribution in [-0.2, 0) is 0 Å². The van der Waals surface area contributed by atoms with E-state index in [1.165, 1.54) is 0 Å². The van der Waals surface area contributed by atoms with Gasteiger partial charge in [-0.15, -0.1) is 0 Å². The third kappa shape index (κ3) is 5.59. The second kappa shape index (κ2) is 8.61. The highest BCUT2D eigenvalue weighted by molar-refractivity contribution is 5.76. The van der Waals surface area contributed by atoms with Crippen molar-refractivity contribution in [1.82, 2.24) is 0 Å². The van der Waals surface area contributed by atoms with E-state index in [0.717, 1.165) is 11.4 Å². The molecule has 8 nitrogen and oxygen atoms in total. The first-order valence-corrected chi connectivity index (χ1v) is 7.75. The van der Waals surface area contributed by atoms with Gasteiger partial charge in [-0.3, -0.25) is 0 Å². The molecule has 2 aromatic carbocycles. The van der Waals surface area contributed by atoms with E-state index >= 15 is 0 Å². The van der Waals surface area contributed by atoms with Crippen molar-refractivity contribution in [3.8, 4) is 11.5 Å². The number of hydrogen-bond donors (Lipinski definition) is 0. The maximum atomic E-state index is 11.6. The Kier molecular flexibility index (Phi) is 6.26. The number of nitrogens with zero attached hydrogens (tertiary/aromatic N) is 4. The SMILES string of the molecule is CN(C)c1ccc(OC(=O)/N=N/C(=O)Oc2ccc(N(C)C)cc2)cc1. The van der Waals surface area contributed by atoms with Gasteiger partial charge in [-0.2, -0.15) is 0 Å². The van der Waals surface area contributed by atoms with Crippen LogP contribution in [0.15, 0.2) is 58.8 Å². The minimum Gasteiger partial charge on any atom is -0.408 e. The molecular formula is C18H20N4O4. The normalized spacial score (nSPS) is 10.5. The molecule has 0 unspecified atom stereocenters. The van der Waals surface area contributed by atoms with Crippen molar-refractivity contribution in [2.24, 2.45) is 10.2 Å². The summed E-state index contributed by atoms with van der Waals surface area (Å²) in [5.74, 6) is 0.597. The summed E-state index contributed by atoms with van der Waals surface area (Å²) >= 11 is 0. The summed E-state index contributed by atoms with van der Waals surface area (Å²) in [6.07, 6.45) is -2.02. The molecule has 136 valence electrons. The van der Waals surface area contributed by atoms with Crippen LogP contribution in [0.3, 0.4) is 0 Å². The molecule has 2 rings (SSSR count). The molecule has 8 heteroatoms. The Balaban J connectivity index is 1.87. The molecule has 0 aromatic heterocycles. The van der Waals surface area contributed by atoms with Crippen LogP contribution in [-0.4, -0.2) is 40.4 Å². The zero-order chi connectivity index (χ0) is 19.1. The predicted molar refractivity (Wildman–Crippen MR) is 98.4 cm³/mol. The van der Waals surface area contributed by atoms with E-state index in [4.69, 9.17) is 9.47 Å². The van der Waals surface area contributed by atoms with Crippen LogP contribution in [0.25, 0.3) is 0 Å². The van der Waals surface area contributed by atoms with Crippen LogP contribution in [0.2, 0.25) is 0 Å². The molecule has 0 aliphatic heterocycles. The Morgan fingerprint density at radius 3 is 1.23 bits per heavy atom. The minimum atomic E-state index is -1.01. The smallest absolute Gasteiger partial charge is 0.408 e. The zero-order valence-corrected chi connectivity index (χ0v) is 15.0. The summed E-state index contributed by atoms with van der Waals surface area (Å²) < 4.78 is 9.92. The first kappa shape index (κ1) is 18.9. The first-order chi connectivity index (χ1) is 12.3. The molecule has 2 amide bonds. The fourth-order valence-corrected chi connectivity index (χ4v) is 1.95. The summed E-state index contributed by atoms with van der Waals surface area (Å²) in [7, 11) is 7.59. The van der Waals surface area contributed by atoms with Gasteiger partial charge >= 0.3 is 12.2 Å². The van der Waals surface area contributed by atoms with Crippen LogP contribution in [0.4, 0.5) is 21.0 Å². The maximum Gasteiger partial charge on any atom is 0.458 e. The van der Waals surface area contributed by atoms with E-state index in [0.29, 0.717) is 11.5 Å². The largest absolute Gasteiger partial charge is 0.458 e. The molecule has 0 N–H and O–H groups in total. The average molecular weight is 356 g/mol. The number of benzene rings is 2. The number of anilines is 2. The molecule has 0 heterocycles. The van der Waals surface area contributed by atoms with Crippen LogP contribution >= 0.6 is 0 Å². The lowest BCUT2D eigenvalue weighted by Crippen LogP contribution is -2.09. The standard InChI is InChI=1S/C18H20N4O4/c1-21(2)13-5-9-15(10-6-13)25-17(23)19-20-18(24)26-16-11-7-14(8-12-16)22(3)4/h5-12H,1-4H3/b20-19+. The van der Waals surface area contributed by atoms with Crippen LogP contribution in [0, 0.1) is 0 Å². The molecule has 0 fully saturated rings. The van der Waals surface area contributed by atoms with E-state index in [9.17, 15) is 9.59 Å². The minimum absolute atomic E-state index is 0.298. The molecule has 2 aromatic rings. The van der Waals surface area contributed by atoms with Gasteiger partial charge in [0, 0.05) is 39.6 Å². The highest BCUT2D eigenvalue weighted by Gasteiger charge is 2.07. The number of ether oxygens (including phenoxy) is 2. The Morgan fingerprint density at radius 2 is 0.962 bits per heavy atom. The second-order valence-corrected chi connectivity index (χ2v) is 5.71. The van der Waals surface area contributed by atoms with E-state index in [1.54, 1.807) is 48.5 Å². The van der Waals surface area contributed by atoms with Gasteiger partial charge in [0.25, 0.3) is 0 Å². The Hall–Kier alpha value is -3.42. The van der Waals surface area contributed by atoms with Gasteiger partial charge < -0.3 is 19.3 Å². The van der Waals surface area contributed by atoms with E-state index in [1.807, 2.05) is 38.0 Å². The van der Waals surface area contributed by atoms with Crippen molar-refractivity contribution < 1.29 is 19.1 Å². The van der Waals surface area contributed by atoms with Crippen LogP contribution < -0.4 is 19.3 Å². The lowest BCUT2D eigenvalue weighted by molar-refractivity contribution is 0.200. The molecule has 0 aliphatic rings. The second-order valence-electron chi connectivity index (χ2n) is 5.71. The third-order valence-corrected chi connectivity index (χ3v) is 3.33. The molecule has 0 bridgehead atoms. The third-order valence-electron chi connectivity index (χ3n) is 3.33. The fraction of sp³-hybridized carbons (Fsp3) is 0.222. The average Bonchev–Trinajstić information content (AvgIpc) is 2.61. The highest BCUT2D eigenvalue weighted by atomic mass is 16.6. The number of carbonyl (C=O) groups is 2. The van der Waals surface area contributed by atoms with Gasteiger partial charge in [0.2, 0.25) is 0 Å². The summed E-state index contributed by atoms with van der Waals surface area (Å²) in [5.41, 5.74) is 1.91. The van der Waals surface area contributed by atoms with Crippen LogP contribution in [0.1, 0.15) is 0 Å². The quantitative estimate of drug-likeness (QED) is 0.771. The lowest BCUT2D eigenvalue weighted by atomic mass is 10.3. The van der Waals surface area contributed by atoms with Gasteiger partial charge in [0.15, 0.2) is 0 Å². The van der Waals surface area contributed by atoms with Crippen LogP contribution in [0.5, 0.6) is 11.5 Å². The van der Waals surface area contributed by atoms with Crippen molar-refractivity contribution in [2.75, 3.05) is 38.0 Å². The molecule has 0 spiro atoms. The molecule has 0 saturated carbocycles. The molecule has 0 saturated heterocycles. The van der Waals surface area contributed by atoms with Crippen molar-refractivity contribution in [2.45, 2.75) is 0 Å². The maximum absolute atomic E-state index is 11.6. The summed E-state index contributed by atoms with van der Waals surface area (Å²) in [4.78, 5) is 27.0. The van der Waals surface area contributed by atoms with Crippen molar-refractivity contribution >= 4 is 23.6 Å². The zero-order valence-electron chi connectivity index (χ0n) is 15.0. The number of azo groups is 1. The van der Waals surface area contributed by atoms with Crippen molar-refractivity contribution in [3.63, 3.8) is 0 Å². The highest BCUT2D eigenvalue weighted by Crippen LogP contribution is 2.19. The molecule has 26 heavy (non-hydrogen) atoms. The predicted octanol–water partition coefficient (Wildman–Crippen LogP) is 3.97. The summed E-state index contributed by atoms with van der Waals surface area (Å²) in [6.45, 7) is 0. The topological polar surface area (TPSA) is 83.8 Å². The Morgan fingerprint density at radius 1 is 0.654 bits per heavy atom. The number of hydrogen-bond acceptors (Lipinski definition) is 6. The molecular weight excluding hydrogens is 336 g/mol.